The van der Waals surface area contributed by atoms with Gasteiger partial charge in [0.2, 0.25) is 0 Å². The van der Waals surface area contributed by atoms with Crippen molar-refractivity contribution in [3.63, 3.8) is 0 Å². The van der Waals surface area contributed by atoms with Crippen LogP contribution in [0.5, 0.6) is 5.75 Å². The van der Waals surface area contributed by atoms with Gasteiger partial charge >= 0.3 is 12.2 Å². The topological polar surface area (TPSA) is 79.5 Å². The molecule has 0 spiro atoms. The number of nitrogens with one attached hydrogen (secondary N) is 3. The molecule has 0 unspecified atom stereocenters. The molecule has 0 fully saturated rings. The SMILES string of the molecule is CC(C)NC(=O)Nc1cc(O[C@@H](C)C(F)(F)F)c(C(=O)Nc2c(F)cccc2Cl)cc1F. The van der Waals surface area contributed by atoms with Gasteiger partial charge in [0.25, 0.3) is 5.91 Å². The van der Waals surface area contributed by atoms with Crippen molar-refractivity contribution in [2.24, 2.45) is 0 Å². The van der Waals surface area contributed by atoms with E-state index in [1.807, 2.05) is 0 Å². The number of anilines is 2. The Bertz CT molecular complexity index is 994. The first-order valence-electron chi connectivity index (χ1n) is 9.19. The van der Waals surface area contributed by atoms with Crippen molar-refractivity contribution in [1.29, 1.82) is 0 Å². The molecule has 0 radical (unpaired) electrons. The molecule has 6 nitrogen and oxygen atoms in total. The van der Waals surface area contributed by atoms with Gasteiger partial charge in [0.1, 0.15) is 17.4 Å². The number of ether oxygens (including phenoxy) is 1. The molecule has 0 bridgehead atoms. The van der Waals surface area contributed by atoms with Crippen LogP contribution in [0.3, 0.4) is 0 Å². The Morgan fingerprint density at radius 2 is 1.69 bits per heavy atom. The molecular weight excluding hydrogens is 461 g/mol. The third kappa shape index (κ3) is 6.46. The summed E-state index contributed by atoms with van der Waals surface area (Å²) in [7, 11) is 0. The van der Waals surface area contributed by atoms with Crippen LogP contribution < -0.4 is 20.7 Å². The van der Waals surface area contributed by atoms with Gasteiger partial charge in [0.05, 0.1) is 22.0 Å². The van der Waals surface area contributed by atoms with Gasteiger partial charge in [-0.3, -0.25) is 4.79 Å². The van der Waals surface area contributed by atoms with Gasteiger partial charge in [-0.1, -0.05) is 17.7 Å². The number of urea groups is 1. The second-order valence-corrected chi connectivity index (χ2v) is 7.34. The molecule has 12 heteroatoms. The molecule has 174 valence electrons. The minimum absolute atomic E-state index is 0.186. The Morgan fingerprint density at radius 3 is 2.25 bits per heavy atom. The number of carbonyl (C=O) groups is 2. The number of alkyl halides is 3. The summed E-state index contributed by atoms with van der Waals surface area (Å²) >= 11 is 5.84. The quantitative estimate of drug-likeness (QED) is 0.463. The second-order valence-electron chi connectivity index (χ2n) is 6.93. The van der Waals surface area contributed by atoms with Gasteiger partial charge in [0, 0.05) is 12.1 Å². The Balaban J connectivity index is 2.46. The molecule has 3 amide bonds. The largest absolute Gasteiger partial charge is 0.480 e. The molecule has 2 aromatic carbocycles. The van der Waals surface area contributed by atoms with Crippen LogP contribution in [0.25, 0.3) is 0 Å². The lowest BCUT2D eigenvalue weighted by Crippen LogP contribution is -2.34. The minimum Gasteiger partial charge on any atom is -0.480 e. The fourth-order valence-corrected chi connectivity index (χ4v) is 2.61. The van der Waals surface area contributed by atoms with Crippen molar-refractivity contribution in [3.8, 4) is 5.75 Å². The van der Waals surface area contributed by atoms with Crippen molar-refractivity contribution in [1.82, 2.24) is 5.32 Å². The van der Waals surface area contributed by atoms with E-state index in [1.54, 1.807) is 13.8 Å². The summed E-state index contributed by atoms with van der Waals surface area (Å²) in [6.45, 7) is 3.95. The molecule has 1 atom stereocenters. The average molecular weight is 480 g/mol. The van der Waals surface area contributed by atoms with Crippen LogP contribution in [0, 0.1) is 11.6 Å². The second kappa shape index (κ2) is 10.0. The van der Waals surface area contributed by atoms with Crippen LogP contribution in [0.1, 0.15) is 31.1 Å². The first-order chi connectivity index (χ1) is 14.8. The molecule has 0 aromatic heterocycles. The molecule has 0 aliphatic carbocycles. The fraction of sp³-hybridized carbons (Fsp3) is 0.300. The number of hydrogen-bond donors (Lipinski definition) is 3. The van der Waals surface area contributed by atoms with Gasteiger partial charge in [-0.05, 0) is 39.0 Å². The van der Waals surface area contributed by atoms with Crippen molar-refractivity contribution >= 4 is 34.9 Å². The summed E-state index contributed by atoms with van der Waals surface area (Å²) in [6, 6.07) is 3.69. The number of carbonyl (C=O) groups excluding carboxylic acids is 2. The normalized spacial score (nSPS) is 12.3. The Morgan fingerprint density at radius 1 is 1.03 bits per heavy atom. The monoisotopic (exact) mass is 479 g/mol. The highest BCUT2D eigenvalue weighted by molar-refractivity contribution is 6.34. The van der Waals surface area contributed by atoms with Crippen LogP contribution in [-0.2, 0) is 0 Å². The van der Waals surface area contributed by atoms with Crippen LogP contribution in [0.2, 0.25) is 5.02 Å². The smallest absolute Gasteiger partial charge is 0.425 e. The summed E-state index contributed by atoms with van der Waals surface area (Å²) in [6.07, 6.45) is -7.19. The molecule has 0 aliphatic heterocycles. The highest BCUT2D eigenvalue weighted by Crippen LogP contribution is 2.33. The van der Waals surface area contributed by atoms with E-state index >= 15 is 0 Å². The van der Waals surface area contributed by atoms with E-state index < -0.39 is 58.5 Å². The van der Waals surface area contributed by atoms with E-state index in [0.717, 1.165) is 12.1 Å². The number of benzene rings is 2. The maximum Gasteiger partial charge on any atom is 0.425 e. The van der Waals surface area contributed by atoms with Crippen molar-refractivity contribution in [2.45, 2.75) is 39.1 Å². The van der Waals surface area contributed by atoms with Crippen molar-refractivity contribution < 1.29 is 36.3 Å². The van der Waals surface area contributed by atoms with Crippen LogP contribution >= 0.6 is 11.6 Å². The van der Waals surface area contributed by atoms with E-state index in [1.165, 1.54) is 12.1 Å². The number of amides is 3. The maximum atomic E-state index is 14.6. The van der Waals surface area contributed by atoms with E-state index in [4.69, 9.17) is 16.3 Å². The van der Waals surface area contributed by atoms with E-state index in [0.29, 0.717) is 13.0 Å². The Labute approximate surface area is 185 Å². The highest BCUT2D eigenvalue weighted by Gasteiger charge is 2.39. The zero-order valence-electron chi connectivity index (χ0n) is 17.0. The van der Waals surface area contributed by atoms with Crippen molar-refractivity contribution in [3.05, 3.63) is 52.6 Å². The van der Waals surface area contributed by atoms with Gasteiger partial charge in [-0.15, -0.1) is 0 Å². The Kier molecular flexibility index (Phi) is 7.89. The lowest BCUT2D eigenvalue weighted by atomic mass is 10.1. The predicted molar refractivity (Wildman–Crippen MR) is 109 cm³/mol. The average Bonchev–Trinajstić information content (AvgIpc) is 2.65. The van der Waals surface area contributed by atoms with Crippen LogP contribution in [0.15, 0.2) is 30.3 Å². The summed E-state index contributed by atoms with van der Waals surface area (Å²) in [4.78, 5) is 24.5. The lowest BCUT2D eigenvalue weighted by molar-refractivity contribution is -0.189. The summed E-state index contributed by atoms with van der Waals surface area (Å²) in [5, 5.41) is 6.44. The first kappa shape index (κ1) is 25.2. The molecule has 2 aromatic rings. The number of halogens is 6. The van der Waals surface area contributed by atoms with Crippen molar-refractivity contribution in [2.75, 3.05) is 10.6 Å². The van der Waals surface area contributed by atoms with Gasteiger partial charge < -0.3 is 20.7 Å². The van der Waals surface area contributed by atoms with Gasteiger partial charge in [-0.25, -0.2) is 13.6 Å². The predicted octanol–water partition coefficient (Wildman–Crippen LogP) is 5.73. The molecule has 0 saturated carbocycles. The molecule has 32 heavy (non-hydrogen) atoms. The number of rotatable bonds is 6. The highest BCUT2D eigenvalue weighted by atomic mass is 35.5. The molecule has 3 N–H and O–H groups in total. The summed E-state index contributed by atoms with van der Waals surface area (Å²) < 4.78 is 72.4. The summed E-state index contributed by atoms with van der Waals surface area (Å²) in [5.74, 6) is -3.93. The molecular formula is C20H19ClF5N3O3. The van der Waals surface area contributed by atoms with E-state index in [2.05, 4.69) is 16.0 Å². The maximum absolute atomic E-state index is 14.6. The van der Waals surface area contributed by atoms with E-state index in [9.17, 15) is 31.5 Å². The summed E-state index contributed by atoms with van der Waals surface area (Å²) in [5.41, 5.74) is -1.66. The first-order valence-corrected chi connectivity index (χ1v) is 9.57. The third-order valence-corrected chi connectivity index (χ3v) is 4.26. The van der Waals surface area contributed by atoms with E-state index in [-0.39, 0.29) is 11.1 Å². The van der Waals surface area contributed by atoms with Crippen LogP contribution in [0.4, 0.5) is 38.1 Å². The third-order valence-electron chi connectivity index (χ3n) is 3.95. The minimum atomic E-state index is -4.81. The molecule has 0 heterocycles. The zero-order chi connectivity index (χ0) is 24.2. The lowest BCUT2D eigenvalue weighted by Gasteiger charge is -2.21. The fourth-order valence-electron chi connectivity index (χ4n) is 2.40. The molecule has 0 aliphatic rings. The standard InChI is InChI=1S/C20H19ClF5N3O3/c1-9(2)27-19(31)28-15-8-16(32-10(3)20(24,25)26)11(7-14(15)23)18(30)29-17-12(21)5-4-6-13(17)22/h4-10H,1-3H3,(H,29,30)(H2,27,28,31)/t10-/m0/s1. The van der Waals surface area contributed by atoms with Gasteiger partial charge in [-0.2, -0.15) is 13.2 Å². The number of para-hydroxylation sites is 1. The van der Waals surface area contributed by atoms with Crippen LogP contribution in [-0.4, -0.2) is 30.3 Å². The zero-order valence-corrected chi connectivity index (χ0v) is 17.8. The number of hydrogen-bond acceptors (Lipinski definition) is 3. The Hall–Kier alpha value is -3.08. The van der Waals surface area contributed by atoms with Gasteiger partial charge in [0.15, 0.2) is 6.10 Å². The molecule has 2 rings (SSSR count). The molecule has 0 saturated heterocycles.